The molecule has 26 heavy (non-hydrogen) atoms. The molecular weight excluding hydrogens is 441 g/mol. The number of aliphatic imine (C=N–C) groups is 1. The van der Waals surface area contributed by atoms with E-state index in [9.17, 15) is 0 Å². The summed E-state index contributed by atoms with van der Waals surface area (Å²) < 4.78 is 11.0. The predicted octanol–water partition coefficient (Wildman–Crippen LogP) is 4.32. The van der Waals surface area contributed by atoms with Crippen molar-refractivity contribution in [3.8, 4) is 11.5 Å². The molecule has 0 aliphatic heterocycles. The van der Waals surface area contributed by atoms with Crippen molar-refractivity contribution in [3.05, 3.63) is 54.1 Å². The summed E-state index contributed by atoms with van der Waals surface area (Å²) in [5.41, 5.74) is 7.95. The average molecular weight is 469 g/mol. The summed E-state index contributed by atoms with van der Waals surface area (Å²) in [7, 11) is 1.63. The first-order valence-electron chi connectivity index (χ1n) is 8.50. The van der Waals surface area contributed by atoms with Gasteiger partial charge in [0.15, 0.2) is 5.96 Å². The van der Waals surface area contributed by atoms with Crippen LogP contribution in [0.25, 0.3) is 0 Å². The third-order valence-corrected chi connectivity index (χ3v) is 3.56. The molecule has 0 aliphatic carbocycles. The number of guanidine groups is 1. The molecule has 0 saturated carbocycles. The predicted molar refractivity (Wildman–Crippen MR) is 119 cm³/mol. The van der Waals surface area contributed by atoms with Crippen molar-refractivity contribution in [1.29, 1.82) is 0 Å². The summed E-state index contributed by atoms with van der Waals surface area (Å²) in [5, 5.41) is 3.07. The van der Waals surface area contributed by atoms with Crippen LogP contribution in [0.3, 0.4) is 0 Å². The van der Waals surface area contributed by atoms with E-state index in [4.69, 9.17) is 15.2 Å². The molecule has 0 fully saturated rings. The minimum atomic E-state index is 0. The molecule has 0 saturated heterocycles. The van der Waals surface area contributed by atoms with Crippen LogP contribution in [0.1, 0.15) is 19.4 Å². The molecule has 2 aromatic carbocycles. The van der Waals surface area contributed by atoms with E-state index in [0.29, 0.717) is 18.4 Å². The van der Waals surface area contributed by atoms with Gasteiger partial charge in [0, 0.05) is 6.54 Å². The van der Waals surface area contributed by atoms with Crippen LogP contribution in [-0.2, 0) is 6.42 Å². The Morgan fingerprint density at radius 3 is 2.46 bits per heavy atom. The SMILES string of the molecule is COc1ccccc1NC(N)=NCCc1ccc(OCC(C)C)cc1.I. The van der Waals surface area contributed by atoms with Crippen molar-refractivity contribution >= 4 is 35.6 Å². The molecule has 0 bridgehead atoms. The van der Waals surface area contributed by atoms with Crippen LogP contribution in [0.15, 0.2) is 53.5 Å². The number of ether oxygens (including phenoxy) is 2. The van der Waals surface area contributed by atoms with E-state index in [-0.39, 0.29) is 24.0 Å². The quantitative estimate of drug-likeness (QED) is 0.344. The Balaban J connectivity index is 0.00000338. The van der Waals surface area contributed by atoms with Crippen molar-refractivity contribution < 1.29 is 9.47 Å². The van der Waals surface area contributed by atoms with Crippen molar-refractivity contribution in [3.63, 3.8) is 0 Å². The van der Waals surface area contributed by atoms with Gasteiger partial charge in [-0.05, 0) is 42.2 Å². The zero-order valence-corrected chi connectivity index (χ0v) is 17.9. The summed E-state index contributed by atoms with van der Waals surface area (Å²) in [5.74, 6) is 2.53. The number of nitrogens with one attached hydrogen (secondary N) is 1. The second-order valence-corrected chi connectivity index (χ2v) is 6.19. The molecular formula is C20H28IN3O2. The lowest BCUT2D eigenvalue weighted by molar-refractivity contribution is 0.271. The summed E-state index contributed by atoms with van der Waals surface area (Å²) in [6.45, 7) is 5.61. The Kier molecular flexibility index (Phi) is 9.87. The first-order valence-corrected chi connectivity index (χ1v) is 8.50. The molecule has 2 rings (SSSR count). The van der Waals surface area contributed by atoms with Gasteiger partial charge < -0.3 is 20.5 Å². The van der Waals surface area contributed by atoms with Gasteiger partial charge in [-0.3, -0.25) is 4.99 Å². The first kappa shape index (κ1) is 22.1. The Bertz CT molecular complexity index is 688. The number of para-hydroxylation sites is 2. The van der Waals surface area contributed by atoms with Gasteiger partial charge in [-0.2, -0.15) is 0 Å². The minimum absolute atomic E-state index is 0. The molecule has 3 N–H and O–H groups in total. The number of hydrogen-bond acceptors (Lipinski definition) is 3. The van der Waals surface area contributed by atoms with E-state index in [1.165, 1.54) is 5.56 Å². The highest BCUT2D eigenvalue weighted by Gasteiger charge is 2.02. The normalized spacial score (nSPS) is 11.0. The van der Waals surface area contributed by atoms with Gasteiger partial charge >= 0.3 is 0 Å². The monoisotopic (exact) mass is 469 g/mol. The standard InChI is InChI=1S/C20H27N3O2.HI/c1-15(2)14-25-17-10-8-16(9-11-17)12-13-22-20(21)23-18-6-4-5-7-19(18)24-3;/h4-11,15H,12-14H2,1-3H3,(H3,21,22,23);1H. The molecule has 0 amide bonds. The van der Waals surface area contributed by atoms with Crippen LogP contribution in [0.4, 0.5) is 5.69 Å². The zero-order chi connectivity index (χ0) is 18.1. The second-order valence-electron chi connectivity index (χ2n) is 6.19. The van der Waals surface area contributed by atoms with Gasteiger partial charge in [-0.25, -0.2) is 0 Å². The lowest BCUT2D eigenvalue weighted by Crippen LogP contribution is -2.23. The van der Waals surface area contributed by atoms with Crippen LogP contribution >= 0.6 is 24.0 Å². The summed E-state index contributed by atoms with van der Waals surface area (Å²) in [6, 6.07) is 15.7. The summed E-state index contributed by atoms with van der Waals surface area (Å²) in [4.78, 5) is 4.37. The fraction of sp³-hybridized carbons (Fsp3) is 0.350. The number of anilines is 1. The Labute approximate surface area is 173 Å². The molecule has 2 aromatic rings. The molecule has 0 atom stereocenters. The molecule has 0 radical (unpaired) electrons. The van der Waals surface area contributed by atoms with Crippen molar-refractivity contribution in [1.82, 2.24) is 0 Å². The van der Waals surface area contributed by atoms with Gasteiger partial charge in [0.2, 0.25) is 0 Å². The molecule has 0 aromatic heterocycles. The highest BCUT2D eigenvalue weighted by atomic mass is 127. The zero-order valence-electron chi connectivity index (χ0n) is 15.6. The molecule has 142 valence electrons. The molecule has 0 spiro atoms. The first-order chi connectivity index (χ1) is 12.1. The highest BCUT2D eigenvalue weighted by Crippen LogP contribution is 2.22. The van der Waals surface area contributed by atoms with Gasteiger partial charge in [0.1, 0.15) is 11.5 Å². The number of nitrogens with two attached hydrogens (primary N) is 1. The van der Waals surface area contributed by atoms with Gasteiger partial charge in [-0.1, -0.05) is 38.1 Å². The van der Waals surface area contributed by atoms with Gasteiger partial charge in [0.25, 0.3) is 0 Å². The maximum absolute atomic E-state index is 5.95. The molecule has 5 nitrogen and oxygen atoms in total. The fourth-order valence-corrected chi connectivity index (χ4v) is 2.25. The molecule has 0 aliphatic rings. The third kappa shape index (κ3) is 7.51. The molecule has 0 heterocycles. The van der Waals surface area contributed by atoms with Gasteiger partial charge in [0.05, 0.1) is 19.4 Å². The van der Waals surface area contributed by atoms with Crippen LogP contribution in [-0.4, -0.2) is 26.2 Å². The van der Waals surface area contributed by atoms with E-state index in [0.717, 1.165) is 30.2 Å². The smallest absolute Gasteiger partial charge is 0.193 e. The van der Waals surface area contributed by atoms with Crippen molar-refractivity contribution in [2.24, 2.45) is 16.6 Å². The molecule has 0 unspecified atom stereocenters. The Morgan fingerprint density at radius 2 is 1.81 bits per heavy atom. The number of methoxy groups -OCH3 is 1. The second kappa shape index (κ2) is 11.6. The summed E-state index contributed by atoms with van der Waals surface area (Å²) >= 11 is 0. The van der Waals surface area contributed by atoms with Crippen molar-refractivity contribution in [2.75, 3.05) is 25.6 Å². The topological polar surface area (TPSA) is 68.9 Å². The summed E-state index contributed by atoms with van der Waals surface area (Å²) in [6.07, 6.45) is 0.818. The van der Waals surface area contributed by atoms with Crippen LogP contribution in [0, 0.1) is 5.92 Å². The highest BCUT2D eigenvalue weighted by molar-refractivity contribution is 14.0. The van der Waals surface area contributed by atoms with E-state index in [2.05, 4.69) is 36.3 Å². The van der Waals surface area contributed by atoms with Gasteiger partial charge in [-0.15, -0.1) is 24.0 Å². The fourth-order valence-electron chi connectivity index (χ4n) is 2.25. The lowest BCUT2D eigenvalue weighted by Gasteiger charge is -2.10. The van der Waals surface area contributed by atoms with E-state index < -0.39 is 0 Å². The Hall–Kier alpha value is -1.96. The van der Waals surface area contributed by atoms with E-state index >= 15 is 0 Å². The van der Waals surface area contributed by atoms with Crippen LogP contribution < -0.4 is 20.5 Å². The third-order valence-electron chi connectivity index (χ3n) is 3.56. The average Bonchev–Trinajstić information content (AvgIpc) is 2.61. The minimum Gasteiger partial charge on any atom is -0.495 e. The Morgan fingerprint density at radius 1 is 1.12 bits per heavy atom. The number of halogens is 1. The van der Waals surface area contributed by atoms with E-state index in [1.807, 2.05) is 36.4 Å². The van der Waals surface area contributed by atoms with E-state index in [1.54, 1.807) is 7.11 Å². The van der Waals surface area contributed by atoms with Crippen LogP contribution in [0.2, 0.25) is 0 Å². The number of rotatable bonds is 8. The number of nitrogens with zero attached hydrogens (tertiary/aromatic N) is 1. The van der Waals surface area contributed by atoms with Crippen molar-refractivity contribution in [2.45, 2.75) is 20.3 Å². The van der Waals surface area contributed by atoms with Crippen LogP contribution in [0.5, 0.6) is 11.5 Å². The maximum Gasteiger partial charge on any atom is 0.193 e. The number of benzene rings is 2. The largest absolute Gasteiger partial charge is 0.495 e. The number of hydrogen-bond donors (Lipinski definition) is 2. The lowest BCUT2D eigenvalue weighted by atomic mass is 10.1. The maximum atomic E-state index is 5.95. The molecule has 6 heteroatoms.